The third-order valence-electron chi connectivity index (χ3n) is 1.36. The first kappa shape index (κ1) is 13.5. The van der Waals surface area contributed by atoms with Gasteiger partial charge in [0, 0.05) is 5.57 Å². The van der Waals surface area contributed by atoms with Crippen molar-refractivity contribution in [1.29, 1.82) is 0 Å². The van der Waals surface area contributed by atoms with E-state index in [0.29, 0.717) is 5.57 Å². The zero-order chi connectivity index (χ0) is 11.8. The third kappa shape index (κ3) is 6.54. The minimum atomic E-state index is -0.767. The Morgan fingerprint density at radius 1 is 1.33 bits per heavy atom. The first-order valence-corrected chi connectivity index (χ1v) is 4.63. The highest BCUT2D eigenvalue weighted by molar-refractivity contribution is 5.86. The van der Waals surface area contributed by atoms with E-state index < -0.39 is 18.2 Å². The third-order valence-corrected chi connectivity index (χ3v) is 1.36. The minimum Gasteiger partial charge on any atom is -0.458 e. The summed E-state index contributed by atoms with van der Waals surface area (Å²) in [5.74, 6) is -0.505. The second-order valence-electron chi connectivity index (χ2n) is 2.99. The number of carbonyl (C=O) groups excluding carboxylic acids is 2. The summed E-state index contributed by atoms with van der Waals surface area (Å²) >= 11 is 0. The molecule has 0 aliphatic heterocycles. The van der Waals surface area contributed by atoms with Crippen LogP contribution in [0, 0.1) is 0 Å². The zero-order valence-corrected chi connectivity index (χ0v) is 9.24. The minimum absolute atomic E-state index is 0.00942. The van der Waals surface area contributed by atoms with Crippen LogP contribution in [0.25, 0.3) is 0 Å². The van der Waals surface area contributed by atoms with Crippen LogP contribution >= 0.6 is 0 Å². The quantitative estimate of drug-likeness (QED) is 0.516. The molecule has 0 aromatic rings. The lowest BCUT2D eigenvalue weighted by Gasteiger charge is -2.12. The number of hydrogen-bond donors (Lipinski definition) is 0. The van der Waals surface area contributed by atoms with E-state index in [1.165, 1.54) is 0 Å². The predicted octanol–water partition coefficient (Wildman–Crippen LogP) is 1.67. The molecular weight excluding hydrogens is 200 g/mol. The summed E-state index contributed by atoms with van der Waals surface area (Å²) in [6.07, 6.45) is -1.30. The molecule has 0 rings (SSSR count). The number of esters is 1. The highest BCUT2D eigenvalue weighted by Gasteiger charge is 2.12. The van der Waals surface area contributed by atoms with Gasteiger partial charge < -0.3 is 14.2 Å². The van der Waals surface area contributed by atoms with E-state index in [0.717, 1.165) is 0 Å². The largest absolute Gasteiger partial charge is 0.508 e. The van der Waals surface area contributed by atoms with Crippen molar-refractivity contribution in [3.63, 3.8) is 0 Å². The van der Waals surface area contributed by atoms with Crippen molar-refractivity contribution in [2.24, 2.45) is 0 Å². The van der Waals surface area contributed by atoms with Crippen LogP contribution in [0.3, 0.4) is 0 Å². The molecule has 15 heavy (non-hydrogen) atoms. The van der Waals surface area contributed by atoms with Crippen LogP contribution in [-0.4, -0.2) is 31.4 Å². The van der Waals surface area contributed by atoms with Gasteiger partial charge in [0.05, 0.1) is 6.61 Å². The summed E-state index contributed by atoms with van der Waals surface area (Å²) in [6.45, 7) is 8.47. The predicted molar refractivity (Wildman–Crippen MR) is 53.3 cm³/mol. The van der Waals surface area contributed by atoms with Gasteiger partial charge in [-0.2, -0.15) is 0 Å². The van der Waals surface area contributed by atoms with Crippen LogP contribution in [0.2, 0.25) is 0 Å². The number of carbonyl (C=O) groups is 2. The SMILES string of the molecule is C=C(C)C(=O)OCC(C)OC(=O)OCC. The van der Waals surface area contributed by atoms with E-state index in [-0.39, 0.29) is 13.2 Å². The van der Waals surface area contributed by atoms with Gasteiger partial charge in [-0.25, -0.2) is 9.59 Å². The molecule has 0 saturated heterocycles. The molecule has 0 fully saturated rings. The van der Waals surface area contributed by atoms with Gasteiger partial charge in [0.25, 0.3) is 0 Å². The Kier molecular flexibility index (Phi) is 6.17. The van der Waals surface area contributed by atoms with Gasteiger partial charge in [0.15, 0.2) is 0 Å². The molecule has 0 heterocycles. The fourth-order valence-electron chi connectivity index (χ4n) is 0.666. The second-order valence-corrected chi connectivity index (χ2v) is 2.99. The molecule has 5 nitrogen and oxygen atoms in total. The van der Waals surface area contributed by atoms with Gasteiger partial charge in [-0.15, -0.1) is 0 Å². The molecule has 0 aliphatic carbocycles. The van der Waals surface area contributed by atoms with Gasteiger partial charge in [0.2, 0.25) is 0 Å². The first-order chi connectivity index (χ1) is 6.97. The normalized spacial score (nSPS) is 11.4. The summed E-state index contributed by atoms with van der Waals surface area (Å²) in [5.41, 5.74) is 0.304. The van der Waals surface area contributed by atoms with Crippen LogP contribution < -0.4 is 0 Å². The van der Waals surface area contributed by atoms with E-state index in [9.17, 15) is 9.59 Å². The van der Waals surface area contributed by atoms with Gasteiger partial charge in [-0.1, -0.05) is 6.58 Å². The van der Waals surface area contributed by atoms with Crippen molar-refractivity contribution in [2.45, 2.75) is 26.9 Å². The Morgan fingerprint density at radius 3 is 2.40 bits per heavy atom. The molecule has 0 aromatic heterocycles. The number of ether oxygens (including phenoxy) is 3. The Morgan fingerprint density at radius 2 is 1.93 bits per heavy atom. The fourth-order valence-corrected chi connectivity index (χ4v) is 0.666. The summed E-state index contributed by atoms with van der Waals surface area (Å²) in [7, 11) is 0. The topological polar surface area (TPSA) is 61.8 Å². The Balaban J connectivity index is 3.75. The van der Waals surface area contributed by atoms with E-state index >= 15 is 0 Å². The monoisotopic (exact) mass is 216 g/mol. The molecule has 0 aliphatic rings. The Bertz CT molecular complexity index is 246. The van der Waals surface area contributed by atoms with Crippen molar-refractivity contribution in [3.8, 4) is 0 Å². The average Bonchev–Trinajstić information content (AvgIpc) is 2.14. The lowest BCUT2D eigenvalue weighted by molar-refractivity contribution is -0.142. The highest BCUT2D eigenvalue weighted by Crippen LogP contribution is 1.98. The molecule has 0 radical (unpaired) electrons. The van der Waals surface area contributed by atoms with Gasteiger partial charge in [0.1, 0.15) is 12.7 Å². The molecule has 0 spiro atoms. The molecule has 0 amide bonds. The van der Waals surface area contributed by atoms with Crippen molar-refractivity contribution in [3.05, 3.63) is 12.2 Å². The highest BCUT2D eigenvalue weighted by atomic mass is 16.7. The fraction of sp³-hybridized carbons (Fsp3) is 0.600. The molecule has 0 N–H and O–H groups in total. The molecule has 5 heteroatoms. The number of rotatable bonds is 5. The first-order valence-electron chi connectivity index (χ1n) is 4.63. The standard InChI is InChI=1S/C10H16O5/c1-5-13-10(12)15-8(4)6-14-9(11)7(2)3/h8H,2,5-6H2,1,3-4H3. The van der Waals surface area contributed by atoms with Crippen molar-refractivity contribution < 1.29 is 23.8 Å². The zero-order valence-electron chi connectivity index (χ0n) is 9.24. The summed E-state index contributed by atoms with van der Waals surface area (Å²) < 4.78 is 14.1. The van der Waals surface area contributed by atoms with Crippen LogP contribution in [0.5, 0.6) is 0 Å². The van der Waals surface area contributed by atoms with Crippen molar-refractivity contribution in [1.82, 2.24) is 0 Å². The Hall–Kier alpha value is -1.52. The van der Waals surface area contributed by atoms with Crippen molar-refractivity contribution in [2.75, 3.05) is 13.2 Å². The lowest BCUT2D eigenvalue weighted by atomic mass is 10.3. The molecular formula is C10H16O5. The maximum atomic E-state index is 11.0. The van der Waals surface area contributed by atoms with E-state index in [2.05, 4.69) is 11.3 Å². The summed E-state index contributed by atoms with van der Waals surface area (Å²) in [4.78, 5) is 21.8. The van der Waals surface area contributed by atoms with Crippen LogP contribution in [0.1, 0.15) is 20.8 Å². The van der Waals surface area contributed by atoms with E-state index in [1.807, 2.05) is 0 Å². The molecule has 1 atom stereocenters. The smallest absolute Gasteiger partial charge is 0.458 e. The molecule has 0 saturated carbocycles. The van der Waals surface area contributed by atoms with Crippen LogP contribution in [-0.2, 0) is 19.0 Å². The average molecular weight is 216 g/mol. The summed E-state index contributed by atoms with van der Waals surface area (Å²) in [5, 5.41) is 0. The molecule has 0 aromatic carbocycles. The van der Waals surface area contributed by atoms with Crippen LogP contribution in [0.15, 0.2) is 12.2 Å². The Labute approximate surface area is 89.0 Å². The van der Waals surface area contributed by atoms with Gasteiger partial charge >= 0.3 is 12.1 Å². The van der Waals surface area contributed by atoms with Gasteiger partial charge in [-0.05, 0) is 20.8 Å². The van der Waals surface area contributed by atoms with Crippen molar-refractivity contribution >= 4 is 12.1 Å². The van der Waals surface area contributed by atoms with Crippen LogP contribution in [0.4, 0.5) is 4.79 Å². The molecule has 0 bridgehead atoms. The molecule has 1 unspecified atom stereocenters. The van der Waals surface area contributed by atoms with E-state index in [1.54, 1.807) is 20.8 Å². The second kappa shape index (κ2) is 6.86. The molecule has 86 valence electrons. The maximum absolute atomic E-state index is 11.0. The lowest BCUT2D eigenvalue weighted by Crippen LogP contribution is -2.23. The number of hydrogen-bond acceptors (Lipinski definition) is 5. The maximum Gasteiger partial charge on any atom is 0.508 e. The summed E-state index contributed by atoms with van der Waals surface area (Å²) in [6, 6.07) is 0. The van der Waals surface area contributed by atoms with Gasteiger partial charge in [-0.3, -0.25) is 0 Å². The van der Waals surface area contributed by atoms with E-state index in [4.69, 9.17) is 9.47 Å².